The van der Waals surface area contributed by atoms with Crippen LogP contribution in [0.15, 0.2) is 162 Å². The van der Waals surface area contributed by atoms with Crippen LogP contribution in [0.2, 0.25) is 0 Å². The molecule has 1 spiro atoms. The quantitative estimate of drug-likeness (QED) is 0.181. The van der Waals surface area contributed by atoms with Crippen LogP contribution in [0.4, 0.5) is 17.1 Å². The Labute approximate surface area is 320 Å². The Morgan fingerprint density at radius 3 is 1.96 bits per heavy atom. The standard InChI is InChI=1S/C52H40N2O/c1-2-13-36(14-3-1)53-43-21-8-5-17-40(43)50-45(53)23-12-24-46(50)54(47-25-10-18-38-37-15-6-9-26-48(37)55-51(38)47)44-22-11-20-42-49(44)39-16-4-7-19-41(39)52(42)34-28-32-27-33(30-34)31-35(52)29-32/h1-26,32-35H,27-31H2. The van der Waals surface area contributed by atoms with Gasteiger partial charge in [-0.05, 0) is 121 Å². The molecule has 9 aromatic rings. The molecule has 14 rings (SSSR count). The lowest BCUT2D eigenvalue weighted by Crippen LogP contribution is -2.55. The highest BCUT2D eigenvalue weighted by Crippen LogP contribution is 2.70. The average molecular weight is 709 g/mol. The van der Waals surface area contributed by atoms with Crippen LogP contribution in [0.25, 0.3) is 60.6 Å². The first kappa shape index (κ1) is 30.3. The number of rotatable bonds is 4. The Morgan fingerprint density at radius 1 is 0.491 bits per heavy atom. The molecule has 4 saturated carbocycles. The van der Waals surface area contributed by atoms with Gasteiger partial charge in [0.2, 0.25) is 0 Å². The number of benzene rings is 7. The number of fused-ring (bicyclic) bond motifs is 9. The lowest BCUT2D eigenvalue weighted by Gasteiger charge is -2.61. The smallest absolute Gasteiger partial charge is 0.159 e. The summed E-state index contributed by atoms with van der Waals surface area (Å²) < 4.78 is 9.34. The van der Waals surface area contributed by atoms with Crippen LogP contribution in [0.1, 0.15) is 43.2 Å². The molecule has 0 radical (unpaired) electrons. The van der Waals surface area contributed by atoms with E-state index in [9.17, 15) is 0 Å². The summed E-state index contributed by atoms with van der Waals surface area (Å²) in [5, 5.41) is 4.77. The molecule has 0 aliphatic heterocycles. The van der Waals surface area contributed by atoms with Gasteiger partial charge in [-0.3, -0.25) is 0 Å². The Bertz CT molecular complexity index is 2990. The minimum atomic E-state index is 0.0712. The Kier molecular flexibility index (Phi) is 6.06. The van der Waals surface area contributed by atoms with E-state index >= 15 is 0 Å². The molecular weight excluding hydrogens is 669 g/mol. The largest absolute Gasteiger partial charge is 0.454 e. The first-order chi connectivity index (χ1) is 27.3. The third-order valence-corrected chi connectivity index (χ3v) is 14.4. The van der Waals surface area contributed by atoms with Gasteiger partial charge in [-0.1, -0.05) is 109 Å². The molecule has 0 amide bonds. The highest BCUT2D eigenvalue weighted by molar-refractivity contribution is 6.19. The summed E-state index contributed by atoms with van der Waals surface area (Å²) >= 11 is 0. The van der Waals surface area contributed by atoms with Gasteiger partial charge in [0.05, 0.1) is 28.1 Å². The monoisotopic (exact) mass is 708 g/mol. The van der Waals surface area contributed by atoms with Gasteiger partial charge in [0.1, 0.15) is 5.58 Å². The van der Waals surface area contributed by atoms with Crippen molar-refractivity contribution in [3.63, 3.8) is 0 Å². The number of para-hydroxylation sites is 4. The zero-order valence-electron chi connectivity index (χ0n) is 30.7. The molecule has 4 fully saturated rings. The summed E-state index contributed by atoms with van der Waals surface area (Å²) in [4.78, 5) is 2.57. The third-order valence-electron chi connectivity index (χ3n) is 14.4. The van der Waals surface area contributed by atoms with Gasteiger partial charge in [0, 0.05) is 38.2 Å². The number of anilines is 3. The molecule has 4 bridgehead atoms. The van der Waals surface area contributed by atoms with E-state index in [-0.39, 0.29) is 5.41 Å². The normalized spacial score (nSPS) is 23.3. The van der Waals surface area contributed by atoms with E-state index in [0.717, 1.165) is 50.8 Å². The molecule has 264 valence electrons. The molecule has 5 aliphatic carbocycles. The summed E-state index contributed by atoms with van der Waals surface area (Å²) in [7, 11) is 0. The molecule has 0 N–H and O–H groups in total. The maximum Gasteiger partial charge on any atom is 0.159 e. The lowest BCUT2D eigenvalue weighted by atomic mass is 9.43. The summed E-state index contributed by atoms with van der Waals surface area (Å²) in [5.41, 5.74) is 14.9. The van der Waals surface area contributed by atoms with Crippen molar-refractivity contribution in [2.45, 2.75) is 37.5 Å². The molecule has 55 heavy (non-hydrogen) atoms. The van der Waals surface area contributed by atoms with Gasteiger partial charge in [0.15, 0.2) is 5.58 Å². The maximum atomic E-state index is 6.91. The van der Waals surface area contributed by atoms with Crippen LogP contribution in [0.5, 0.6) is 0 Å². The van der Waals surface area contributed by atoms with E-state index in [0.29, 0.717) is 11.8 Å². The Hall–Kier alpha value is -6.06. The summed E-state index contributed by atoms with van der Waals surface area (Å²) in [6.07, 6.45) is 6.92. The van der Waals surface area contributed by atoms with Crippen molar-refractivity contribution >= 4 is 60.8 Å². The van der Waals surface area contributed by atoms with Crippen molar-refractivity contribution in [2.24, 2.45) is 23.7 Å². The fourth-order valence-electron chi connectivity index (χ4n) is 12.7. The molecule has 2 heterocycles. The second-order valence-corrected chi connectivity index (χ2v) is 16.9. The predicted molar refractivity (Wildman–Crippen MR) is 226 cm³/mol. The highest BCUT2D eigenvalue weighted by Gasteiger charge is 2.61. The van der Waals surface area contributed by atoms with Crippen molar-refractivity contribution in [2.75, 3.05) is 4.90 Å². The molecule has 3 heteroatoms. The highest BCUT2D eigenvalue weighted by atomic mass is 16.3. The molecule has 0 saturated heterocycles. The van der Waals surface area contributed by atoms with E-state index in [1.54, 1.807) is 11.1 Å². The minimum Gasteiger partial charge on any atom is -0.454 e. The fourth-order valence-corrected chi connectivity index (χ4v) is 12.7. The zero-order chi connectivity index (χ0) is 35.8. The SMILES string of the molecule is c1ccc(-n2c3ccccc3c3c(N(c4cccc5c4-c4ccccc4C54C5CC6CC(C5)CC4C6)c4cccc5c4oc4ccccc45)cccc32)cc1. The number of hydrogen-bond acceptors (Lipinski definition) is 2. The Morgan fingerprint density at radius 2 is 1.11 bits per heavy atom. The van der Waals surface area contributed by atoms with E-state index < -0.39 is 0 Å². The van der Waals surface area contributed by atoms with Gasteiger partial charge in [-0.15, -0.1) is 0 Å². The van der Waals surface area contributed by atoms with Gasteiger partial charge in [-0.25, -0.2) is 0 Å². The van der Waals surface area contributed by atoms with Crippen molar-refractivity contribution in [1.29, 1.82) is 0 Å². The molecule has 0 unspecified atom stereocenters. The first-order valence-electron chi connectivity index (χ1n) is 20.3. The molecule has 7 aromatic carbocycles. The predicted octanol–water partition coefficient (Wildman–Crippen LogP) is 13.9. The summed E-state index contributed by atoms with van der Waals surface area (Å²) in [5.74, 6) is 3.19. The van der Waals surface area contributed by atoms with Crippen molar-refractivity contribution < 1.29 is 4.42 Å². The lowest BCUT2D eigenvalue weighted by molar-refractivity contribution is -0.0399. The van der Waals surface area contributed by atoms with Crippen LogP contribution < -0.4 is 4.90 Å². The number of hydrogen-bond donors (Lipinski definition) is 0. The third kappa shape index (κ3) is 3.91. The summed E-state index contributed by atoms with van der Waals surface area (Å²) in [6.45, 7) is 0. The zero-order valence-corrected chi connectivity index (χ0v) is 30.7. The van der Waals surface area contributed by atoms with Crippen LogP contribution in [-0.4, -0.2) is 4.57 Å². The van der Waals surface area contributed by atoms with Gasteiger partial charge < -0.3 is 13.9 Å². The minimum absolute atomic E-state index is 0.0712. The van der Waals surface area contributed by atoms with E-state index in [2.05, 4.69) is 167 Å². The van der Waals surface area contributed by atoms with E-state index in [1.165, 1.54) is 70.7 Å². The molecule has 0 atom stereocenters. The summed E-state index contributed by atoms with van der Waals surface area (Å²) in [6, 6.07) is 58.6. The second kappa shape index (κ2) is 11.0. The van der Waals surface area contributed by atoms with Crippen molar-refractivity contribution in [3.8, 4) is 16.8 Å². The van der Waals surface area contributed by atoms with E-state index in [4.69, 9.17) is 4.42 Å². The number of nitrogens with zero attached hydrogens (tertiary/aromatic N) is 2. The van der Waals surface area contributed by atoms with E-state index in [1.807, 2.05) is 0 Å². The van der Waals surface area contributed by atoms with Crippen LogP contribution in [-0.2, 0) is 5.41 Å². The van der Waals surface area contributed by atoms with Crippen LogP contribution >= 0.6 is 0 Å². The van der Waals surface area contributed by atoms with Crippen molar-refractivity contribution in [1.82, 2.24) is 4.57 Å². The number of aromatic nitrogens is 1. The Balaban J connectivity index is 1.16. The fraction of sp³-hybridized carbons (Fsp3) is 0.192. The van der Waals surface area contributed by atoms with Gasteiger partial charge in [-0.2, -0.15) is 0 Å². The average Bonchev–Trinajstić information content (AvgIpc) is 3.88. The van der Waals surface area contributed by atoms with Crippen LogP contribution in [0, 0.1) is 23.7 Å². The maximum absolute atomic E-state index is 6.91. The molecular formula is C52H40N2O. The van der Waals surface area contributed by atoms with Crippen LogP contribution in [0.3, 0.4) is 0 Å². The van der Waals surface area contributed by atoms with Gasteiger partial charge in [0.25, 0.3) is 0 Å². The molecule has 2 aromatic heterocycles. The second-order valence-electron chi connectivity index (χ2n) is 16.9. The first-order valence-corrected chi connectivity index (χ1v) is 20.3. The number of furan rings is 1. The molecule has 3 nitrogen and oxygen atoms in total. The topological polar surface area (TPSA) is 21.3 Å². The van der Waals surface area contributed by atoms with Crippen molar-refractivity contribution in [3.05, 3.63) is 169 Å². The van der Waals surface area contributed by atoms with Gasteiger partial charge >= 0.3 is 0 Å². The molecule has 5 aliphatic rings.